The van der Waals surface area contributed by atoms with Gasteiger partial charge in [-0.15, -0.1) is 0 Å². The van der Waals surface area contributed by atoms with E-state index in [-0.39, 0.29) is 0 Å². The van der Waals surface area contributed by atoms with Crippen molar-refractivity contribution in [1.82, 2.24) is 0 Å². The molecule has 0 saturated heterocycles. The predicted molar refractivity (Wildman–Crippen MR) is 150 cm³/mol. The van der Waals surface area contributed by atoms with Gasteiger partial charge in [-0.25, -0.2) is 0 Å². The lowest BCUT2D eigenvalue weighted by atomic mass is 9.97. The van der Waals surface area contributed by atoms with Gasteiger partial charge in [0.1, 0.15) is 0 Å². The number of para-hydroxylation sites is 2. The lowest BCUT2D eigenvalue weighted by Crippen LogP contribution is -2.09. The Kier molecular flexibility index (Phi) is 6.97. The Hall–Kier alpha value is -4.62. The number of benzene rings is 5. The molecule has 0 spiro atoms. The van der Waals surface area contributed by atoms with Crippen LogP contribution in [-0.2, 0) is 0 Å². The van der Waals surface area contributed by atoms with E-state index in [0.29, 0.717) is 0 Å². The lowest BCUT2D eigenvalue weighted by molar-refractivity contribution is 1.28. The molecule has 0 aliphatic heterocycles. The maximum atomic E-state index is 2.28. The molecule has 0 aliphatic rings. The summed E-state index contributed by atoms with van der Waals surface area (Å²) in [6.45, 7) is 0. The van der Waals surface area contributed by atoms with Gasteiger partial charge in [-0.2, -0.15) is 0 Å². The zero-order valence-corrected chi connectivity index (χ0v) is 19.5. The van der Waals surface area contributed by atoms with Crippen LogP contribution in [0.4, 0.5) is 17.1 Å². The van der Waals surface area contributed by atoms with E-state index in [1.165, 1.54) is 22.3 Å². The second-order valence-electron chi connectivity index (χ2n) is 8.27. The second-order valence-corrected chi connectivity index (χ2v) is 8.27. The van der Waals surface area contributed by atoms with E-state index in [4.69, 9.17) is 0 Å². The first kappa shape index (κ1) is 22.2. The van der Waals surface area contributed by atoms with Crippen LogP contribution in [0.15, 0.2) is 158 Å². The summed E-state index contributed by atoms with van der Waals surface area (Å²) in [4.78, 5) is 2.28. The first-order valence-electron chi connectivity index (χ1n) is 11.9. The number of nitrogens with zero attached hydrogens (tertiary/aromatic N) is 1. The third-order valence-electron chi connectivity index (χ3n) is 5.90. The maximum Gasteiger partial charge on any atom is 0.0462 e. The van der Waals surface area contributed by atoms with E-state index in [1.807, 2.05) is 6.07 Å². The second kappa shape index (κ2) is 11.0. The van der Waals surface area contributed by atoms with Crippen LogP contribution < -0.4 is 4.90 Å². The highest BCUT2D eigenvalue weighted by molar-refractivity contribution is 5.83. The first-order chi connectivity index (χ1) is 17.4. The average Bonchev–Trinajstić information content (AvgIpc) is 2.94. The highest BCUT2D eigenvalue weighted by Crippen LogP contribution is 2.35. The molecule has 0 aromatic heterocycles. The van der Waals surface area contributed by atoms with Crippen LogP contribution in [-0.4, -0.2) is 0 Å². The zero-order chi connectivity index (χ0) is 23.7. The van der Waals surface area contributed by atoms with E-state index in [2.05, 4.69) is 163 Å². The molecule has 5 aromatic rings. The minimum absolute atomic E-state index is 1.12. The summed E-state index contributed by atoms with van der Waals surface area (Å²) in [5, 5.41) is 0. The van der Waals surface area contributed by atoms with E-state index < -0.39 is 0 Å². The highest BCUT2D eigenvalue weighted by atomic mass is 15.1. The predicted octanol–water partition coefficient (Wildman–Crippen LogP) is 9.30. The number of anilines is 3. The Labute approximate surface area is 208 Å². The summed E-state index contributed by atoms with van der Waals surface area (Å²) in [5.74, 6) is 0. The van der Waals surface area contributed by atoms with E-state index in [1.54, 1.807) is 0 Å². The molecule has 168 valence electrons. The van der Waals surface area contributed by atoms with E-state index >= 15 is 0 Å². The van der Waals surface area contributed by atoms with Gasteiger partial charge in [0.05, 0.1) is 0 Å². The molecule has 0 radical (unpaired) electrons. The van der Waals surface area contributed by atoms with Gasteiger partial charge in [-0.05, 0) is 58.7 Å². The zero-order valence-electron chi connectivity index (χ0n) is 19.5. The van der Waals surface area contributed by atoms with Gasteiger partial charge in [0.25, 0.3) is 0 Å². The average molecular weight is 450 g/mol. The van der Waals surface area contributed by atoms with Crippen molar-refractivity contribution in [3.8, 4) is 0 Å². The molecule has 35 heavy (non-hydrogen) atoms. The van der Waals surface area contributed by atoms with Crippen LogP contribution in [0.2, 0.25) is 0 Å². The van der Waals surface area contributed by atoms with Crippen molar-refractivity contribution in [3.63, 3.8) is 0 Å². The summed E-state index contributed by atoms with van der Waals surface area (Å²) in [5.41, 5.74) is 8.15. The van der Waals surface area contributed by atoms with Crippen molar-refractivity contribution in [1.29, 1.82) is 0 Å². The summed E-state index contributed by atoms with van der Waals surface area (Å²) < 4.78 is 0. The van der Waals surface area contributed by atoms with Gasteiger partial charge in [0.15, 0.2) is 0 Å². The monoisotopic (exact) mass is 449 g/mol. The molecule has 0 N–H and O–H groups in total. The molecular formula is C34H27N. The lowest BCUT2D eigenvalue weighted by Gasteiger charge is -2.25. The molecular weight excluding hydrogens is 422 g/mol. The van der Waals surface area contributed by atoms with Crippen molar-refractivity contribution in [2.45, 2.75) is 0 Å². The summed E-state index contributed by atoms with van der Waals surface area (Å²) in [6, 6.07) is 50.8. The number of allylic oxidation sites excluding steroid dienone is 2. The van der Waals surface area contributed by atoms with Gasteiger partial charge in [-0.3, -0.25) is 0 Å². The van der Waals surface area contributed by atoms with Crippen molar-refractivity contribution in [2.75, 3.05) is 4.90 Å². The Morgan fingerprint density at radius 3 is 1.40 bits per heavy atom. The molecule has 0 saturated carbocycles. The van der Waals surface area contributed by atoms with Crippen LogP contribution in [0.1, 0.15) is 16.7 Å². The normalized spacial score (nSPS) is 11.5. The molecule has 5 aromatic carbocycles. The van der Waals surface area contributed by atoms with Gasteiger partial charge < -0.3 is 4.90 Å². The fourth-order valence-electron chi connectivity index (χ4n) is 4.19. The number of hydrogen-bond acceptors (Lipinski definition) is 1. The van der Waals surface area contributed by atoms with Gasteiger partial charge in [0.2, 0.25) is 0 Å². The van der Waals surface area contributed by atoms with Crippen LogP contribution in [0, 0.1) is 0 Å². The van der Waals surface area contributed by atoms with Crippen LogP contribution >= 0.6 is 0 Å². The highest BCUT2D eigenvalue weighted by Gasteiger charge is 2.12. The standard InChI is InChI=1S/C34H27N/c1-5-14-28(15-6-1)16-13-23-34(29-17-7-2-8-18-29)30-24-26-33(27-25-30)35(31-19-9-3-10-20-31)32-21-11-4-12-22-32/h1-27H. The van der Waals surface area contributed by atoms with Crippen LogP contribution in [0.25, 0.3) is 11.6 Å². The third-order valence-corrected chi connectivity index (χ3v) is 5.90. The van der Waals surface area contributed by atoms with Crippen LogP contribution in [0.3, 0.4) is 0 Å². The topological polar surface area (TPSA) is 3.24 Å². The fraction of sp³-hybridized carbons (Fsp3) is 0. The molecule has 1 heteroatoms. The van der Waals surface area contributed by atoms with E-state index in [9.17, 15) is 0 Å². The molecule has 0 unspecified atom stereocenters. The van der Waals surface area contributed by atoms with Gasteiger partial charge >= 0.3 is 0 Å². The Bertz CT molecular complexity index is 1350. The number of rotatable bonds is 7. The molecule has 0 atom stereocenters. The summed E-state index contributed by atoms with van der Waals surface area (Å²) >= 11 is 0. The molecule has 0 heterocycles. The first-order valence-corrected chi connectivity index (χ1v) is 11.9. The molecule has 0 aliphatic carbocycles. The third kappa shape index (κ3) is 5.48. The largest absolute Gasteiger partial charge is 0.311 e. The van der Waals surface area contributed by atoms with E-state index in [0.717, 1.165) is 17.1 Å². The van der Waals surface area contributed by atoms with Crippen molar-refractivity contribution in [2.24, 2.45) is 0 Å². The molecule has 5 rings (SSSR count). The minimum Gasteiger partial charge on any atom is -0.311 e. The maximum absolute atomic E-state index is 2.28. The molecule has 0 bridgehead atoms. The van der Waals surface area contributed by atoms with Gasteiger partial charge in [-0.1, -0.05) is 127 Å². The Morgan fingerprint density at radius 1 is 0.429 bits per heavy atom. The summed E-state index contributed by atoms with van der Waals surface area (Å²) in [6.07, 6.45) is 6.47. The van der Waals surface area contributed by atoms with Crippen molar-refractivity contribution < 1.29 is 0 Å². The quantitative estimate of drug-likeness (QED) is 0.224. The Balaban J connectivity index is 1.52. The van der Waals surface area contributed by atoms with Crippen molar-refractivity contribution in [3.05, 3.63) is 174 Å². The van der Waals surface area contributed by atoms with Crippen molar-refractivity contribution >= 4 is 28.7 Å². The molecule has 0 fully saturated rings. The number of hydrogen-bond donors (Lipinski definition) is 0. The molecule has 0 amide bonds. The summed E-state index contributed by atoms with van der Waals surface area (Å²) in [7, 11) is 0. The smallest absolute Gasteiger partial charge is 0.0462 e. The Morgan fingerprint density at radius 2 is 0.857 bits per heavy atom. The minimum atomic E-state index is 1.12. The van der Waals surface area contributed by atoms with Gasteiger partial charge in [0, 0.05) is 17.1 Å². The SMILES string of the molecule is C(=Cc1ccccc1)C=C(c1ccccc1)c1ccc(N(c2ccccc2)c2ccccc2)cc1. The molecule has 1 nitrogen and oxygen atoms in total. The fourth-order valence-corrected chi connectivity index (χ4v) is 4.19. The van der Waals surface area contributed by atoms with Crippen LogP contribution in [0.5, 0.6) is 0 Å².